The summed E-state index contributed by atoms with van der Waals surface area (Å²) in [5.74, 6) is -1.03. The van der Waals surface area contributed by atoms with Crippen LogP contribution in [0.2, 0.25) is 0 Å². The van der Waals surface area contributed by atoms with E-state index in [-0.39, 0.29) is 18.3 Å². The minimum Gasteiger partial charge on any atom is -0.508 e. The van der Waals surface area contributed by atoms with Gasteiger partial charge >= 0.3 is 0 Å². The third-order valence-electron chi connectivity index (χ3n) is 3.64. The Morgan fingerprint density at radius 2 is 2.05 bits per heavy atom. The van der Waals surface area contributed by atoms with Crippen LogP contribution >= 0.6 is 0 Å². The third-order valence-corrected chi connectivity index (χ3v) is 3.64. The number of benzene rings is 2. The molecule has 104 valence electrons. The largest absolute Gasteiger partial charge is 0.508 e. The number of aromatic hydroxyl groups is 1. The van der Waals surface area contributed by atoms with Crippen LogP contribution in [-0.4, -0.2) is 11.7 Å². The predicted octanol–water partition coefficient (Wildman–Crippen LogP) is 2.69. The van der Waals surface area contributed by atoms with Crippen LogP contribution in [0.3, 0.4) is 0 Å². The lowest BCUT2D eigenvalue weighted by Gasteiger charge is -2.26. The molecule has 1 aliphatic heterocycles. The fourth-order valence-corrected chi connectivity index (χ4v) is 2.73. The molecule has 0 radical (unpaired) electrons. The first-order chi connectivity index (χ1) is 9.60. The zero-order valence-electron chi connectivity index (χ0n) is 10.7. The van der Waals surface area contributed by atoms with E-state index in [9.17, 15) is 13.9 Å². The van der Waals surface area contributed by atoms with Crippen LogP contribution in [0.25, 0.3) is 0 Å². The average molecular weight is 276 g/mol. The Bertz CT molecular complexity index is 660. The van der Waals surface area contributed by atoms with Crippen molar-refractivity contribution in [2.75, 3.05) is 11.4 Å². The zero-order valence-corrected chi connectivity index (χ0v) is 10.7. The second-order valence-corrected chi connectivity index (χ2v) is 4.85. The summed E-state index contributed by atoms with van der Waals surface area (Å²) >= 11 is 0. The normalized spacial score (nSPS) is 17.4. The number of phenolic OH excluding ortho intramolecular Hbond substituents is 1. The maximum Gasteiger partial charge on any atom is 0.131 e. The number of hydrogen-bond donors (Lipinski definition) is 2. The van der Waals surface area contributed by atoms with E-state index in [1.807, 2.05) is 11.0 Å². The van der Waals surface area contributed by atoms with E-state index in [0.29, 0.717) is 17.7 Å². The van der Waals surface area contributed by atoms with Crippen LogP contribution in [0, 0.1) is 11.6 Å². The first-order valence-corrected chi connectivity index (χ1v) is 6.33. The molecule has 0 bridgehead atoms. The average Bonchev–Trinajstić information content (AvgIpc) is 2.77. The van der Waals surface area contributed by atoms with Crippen molar-refractivity contribution < 1.29 is 13.9 Å². The van der Waals surface area contributed by atoms with Gasteiger partial charge in [-0.05, 0) is 23.8 Å². The van der Waals surface area contributed by atoms with Crippen molar-refractivity contribution in [3.8, 4) is 5.75 Å². The highest BCUT2D eigenvalue weighted by Gasteiger charge is 2.32. The summed E-state index contributed by atoms with van der Waals surface area (Å²) in [5.41, 5.74) is 7.54. The molecule has 1 atom stereocenters. The summed E-state index contributed by atoms with van der Waals surface area (Å²) in [7, 11) is 0. The maximum atomic E-state index is 13.9. The molecule has 0 fully saturated rings. The number of nitrogens with zero attached hydrogens (tertiary/aromatic N) is 1. The van der Waals surface area contributed by atoms with Gasteiger partial charge < -0.3 is 15.7 Å². The fourth-order valence-electron chi connectivity index (χ4n) is 2.73. The van der Waals surface area contributed by atoms with Gasteiger partial charge in [0, 0.05) is 36.5 Å². The van der Waals surface area contributed by atoms with Crippen LogP contribution in [-0.2, 0) is 6.54 Å². The lowest BCUT2D eigenvalue weighted by molar-refractivity contribution is 0.475. The van der Waals surface area contributed by atoms with Gasteiger partial charge in [-0.25, -0.2) is 8.78 Å². The van der Waals surface area contributed by atoms with Gasteiger partial charge in [0.25, 0.3) is 0 Å². The number of halogens is 2. The second-order valence-electron chi connectivity index (χ2n) is 4.85. The Morgan fingerprint density at radius 3 is 2.75 bits per heavy atom. The quantitative estimate of drug-likeness (QED) is 0.886. The summed E-state index contributed by atoms with van der Waals surface area (Å²) < 4.78 is 27.3. The van der Waals surface area contributed by atoms with Crippen molar-refractivity contribution in [1.82, 2.24) is 0 Å². The molecular formula is C15H14F2N2O. The minimum atomic E-state index is -0.600. The van der Waals surface area contributed by atoms with Crippen LogP contribution in [0.15, 0.2) is 36.4 Å². The van der Waals surface area contributed by atoms with Crippen LogP contribution in [0.4, 0.5) is 14.5 Å². The standard InChI is InChI=1S/C15H14F2N2O/c16-9-4-12-13(14(17)5-9)8-19(15(12)7-18)10-2-1-3-11(20)6-10/h1-6,15,20H,7-8,18H2. The monoisotopic (exact) mass is 276 g/mol. The molecule has 20 heavy (non-hydrogen) atoms. The number of anilines is 1. The Balaban J connectivity index is 2.07. The Morgan fingerprint density at radius 1 is 1.25 bits per heavy atom. The van der Waals surface area contributed by atoms with Gasteiger partial charge in [0.05, 0.1) is 6.04 Å². The van der Waals surface area contributed by atoms with Crippen molar-refractivity contribution in [3.05, 3.63) is 59.2 Å². The lowest BCUT2D eigenvalue weighted by Crippen LogP contribution is -2.27. The summed E-state index contributed by atoms with van der Waals surface area (Å²) in [5, 5.41) is 9.56. The van der Waals surface area contributed by atoms with Crippen LogP contribution < -0.4 is 10.6 Å². The molecule has 0 aromatic heterocycles. The van der Waals surface area contributed by atoms with Crippen molar-refractivity contribution in [1.29, 1.82) is 0 Å². The molecular weight excluding hydrogens is 262 g/mol. The van der Waals surface area contributed by atoms with E-state index < -0.39 is 11.6 Å². The molecule has 2 aromatic carbocycles. The molecule has 3 N–H and O–H groups in total. The van der Waals surface area contributed by atoms with Crippen LogP contribution in [0.5, 0.6) is 5.75 Å². The third kappa shape index (κ3) is 2.00. The number of nitrogens with two attached hydrogens (primary N) is 1. The Labute approximate surface area is 115 Å². The van der Waals surface area contributed by atoms with Crippen LogP contribution in [0.1, 0.15) is 17.2 Å². The number of fused-ring (bicyclic) bond motifs is 1. The molecule has 3 rings (SSSR count). The predicted molar refractivity (Wildman–Crippen MR) is 72.4 cm³/mol. The van der Waals surface area contributed by atoms with E-state index in [1.54, 1.807) is 18.2 Å². The SMILES string of the molecule is NCC1c2cc(F)cc(F)c2CN1c1cccc(O)c1. The number of phenols is 1. The molecule has 3 nitrogen and oxygen atoms in total. The molecule has 5 heteroatoms. The Kier molecular flexibility index (Phi) is 3.06. The van der Waals surface area contributed by atoms with Gasteiger partial charge in [-0.1, -0.05) is 6.07 Å². The zero-order chi connectivity index (χ0) is 14.3. The molecule has 0 amide bonds. The summed E-state index contributed by atoms with van der Waals surface area (Å²) in [4.78, 5) is 1.87. The van der Waals surface area contributed by atoms with E-state index >= 15 is 0 Å². The number of hydrogen-bond acceptors (Lipinski definition) is 3. The van der Waals surface area contributed by atoms with E-state index in [2.05, 4.69) is 0 Å². The molecule has 0 spiro atoms. The van der Waals surface area contributed by atoms with Gasteiger partial charge in [0.2, 0.25) is 0 Å². The maximum absolute atomic E-state index is 13.9. The molecule has 1 heterocycles. The van der Waals surface area contributed by atoms with Gasteiger partial charge in [-0.15, -0.1) is 0 Å². The summed E-state index contributed by atoms with van der Waals surface area (Å²) in [6.07, 6.45) is 0. The summed E-state index contributed by atoms with van der Waals surface area (Å²) in [6, 6.07) is 8.59. The molecule has 2 aromatic rings. The van der Waals surface area contributed by atoms with Gasteiger partial charge in [0.15, 0.2) is 0 Å². The van der Waals surface area contributed by atoms with Crippen molar-refractivity contribution >= 4 is 5.69 Å². The first kappa shape index (κ1) is 12.9. The fraction of sp³-hybridized carbons (Fsp3) is 0.200. The highest BCUT2D eigenvalue weighted by Crippen LogP contribution is 2.39. The van der Waals surface area contributed by atoms with Crippen molar-refractivity contribution in [3.63, 3.8) is 0 Å². The van der Waals surface area contributed by atoms with Gasteiger partial charge in [0.1, 0.15) is 17.4 Å². The first-order valence-electron chi connectivity index (χ1n) is 6.33. The second kappa shape index (κ2) is 4.76. The van der Waals surface area contributed by atoms with Gasteiger partial charge in [-0.3, -0.25) is 0 Å². The molecule has 1 unspecified atom stereocenters. The Hall–Kier alpha value is -2.14. The molecule has 0 aliphatic carbocycles. The van der Waals surface area contributed by atoms with E-state index in [4.69, 9.17) is 5.73 Å². The van der Waals surface area contributed by atoms with E-state index in [0.717, 1.165) is 11.8 Å². The highest BCUT2D eigenvalue weighted by atomic mass is 19.1. The molecule has 0 saturated carbocycles. The van der Waals surface area contributed by atoms with E-state index in [1.165, 1.54) is 6.07 Å². The van der Waals surface area contributed by atoms with Crippen molar-refractivity contribution in [2.24, 2.45) is 5.73 Å². The number of rotatable bonds is 2. The topological polar surface area (TPSA) is 49.5 Å². The minimum absolute atomic E-state index is 0.126. The molecule has 0 saturated heterocycles. The highest BCUT2D eigenvalue weighted by molar-refractivity contribution is 5.57. The smallest absolute Gasteiger partial charge is 0.131 e. The summed E-state index contributed by atoms with van der Waals surface area (Å²) in [6.45, 7) is 0.554. The lowest BCUT2D eigenvalue weighted by atomic mass is 10.0. The van der Waals surface area contributed by atoms with Crippen molar-refractivity contribution in [2.45, 2.75) is 12.6 Å². The molecule has 1 aliphatic rings. The van der Waals surface area contributed by atoms with Gasteiger partial charge in [-0.2, -0.15) is 0 Å².